The van der Waals surface area contributed by atoms with Gasteiger partial charge in [0, 0.05) is 51.5 Å². The molecule has 1 amide bonds. The van der Waals surface area contributed by atoms with Crippen molar-refractivity contribution >= 4 is 18.4 Å². The predicted octanol–water partition coefficient (Wildman–Crippen LogP) is 5.12. The lowest BCUT2D eigenvalue weighted by Crippen LogP contribution is -2.37. The van der Waals surface area contributed by atoms with Gasteiger partial charge < -0.3 is 28.7 Å². The fourth-order valence-electron chi connectivity index (χ4n) is 4.38. The molecule has 0 bridgehead atoms. The van der Waals surface area contributed by atoms with Gasteiger partial charge in [-0.2, -0.15) is 0 Å². The second-order valence-electron chi connectivity index (χ2n) is 9.40. The fourth-order valence-corrected chi connectivity index (χ4v) is 4.38. The molecule has 0 radical (unpaired) electrons. The van der Waals surface area contributed by atoms with Gasteiger partial charge in [0.2, 0.25) is 6.41 Å². The Morgan fingerprint density at radius 1 is 0.900 bits per heavy atom. The summed E-state index contributed by atoms with van der Waals surface area (Å²) in [5, 5.41) is 0. The molecular weight excluding hydrogens is 515 g/mol. The Bertz CT molecular complexity index is 1230. The Morgan fingerprint density at radius 2 is 1.60 bits per heavy atom. The van der Waals surface area contributed by atoms with Crippen LogP contribution in [0.4, 0.5) is 10.1 Å². The number of carbonyl (C=O) groups is 2. The fraction of sp³-hybridized carbons (Fsp3) is 0.355. The average Bonchev–Trinajstić information content (AvgIpc) is 3.01. The summed E-state index contributed by atoms with van der Waals surface area (Å²) in [6.07, 6.45) is 3.27. The lowest BCUT2D eigenvalue weighted by atomic mass is 10.0. The second kappa shape index (κ2) is 15.5. The monoisotopic (exact) mass is 552 g/mol. The highest BCUT2D eigenvalue weighted by molar-refractivity contribution is 5.85. The Labute approximate surface area is 235 Å². The Balaban J connectivity index is 0.000000252. The second-order valence-corrected chi connectivity index (χ2v) is 9.40. The first kappa shape index (κ1) is 30.4. The van der Waals surface area contributed by atoms with Crippen LogP contribution in [0.1, 0.15) is 34.3 Å². The molecule has 3 aromatic carbocycles. The van der Waals surface area contributed by atoms with Gasteiger partial charge in [-0.05, 0) is 42.2 Å². The van der Waals surface area contributed by atoms with Gasteiger partial charge in [0.05, 0.1) is 19.9 Å². The van der Waals surface area contributed by atoms with Crippen molar-refractivity contribution in [1.82, 2.24) is 4.90 Å². The molecule has 1 saturated heterocycles. The SMILES string of the molecule is CN(c1cc(F)c(OCc2ccccc2)cc1C=O)C1CCOCC1.COc1ccc(CN(C)C=O)cc1OC. The van der Waals surface area contributed by atoms with Gasteiger partial charge in [-0.1, -0.05) is 36.4 Å². The third-order valence-corrected chi connectivity index (χ3v) is 6.62. The van der Waals surface area contributed by atoms with E-state index < -0.39 is 5.82 Å². The van der Waals surface area contributed by atoms with Crippen LogP contribution in [-0.2, 0) is 22.7 Å². The lowest BCUT2D eigenvalue weighted by molar-refractivity contribution is -0.117. The molecule has 0 saturated carbocycles. The van der Waals surface area contributed by atoms with Gasteiger partial charge in [-0.3, -0.25) is 9.59 Å². The molecular formula is C31H37FN2O6. The van der Waals surface area contributed by atoms with E-state index in [1.165, 1.54) is 12.1 Å². The third-order valence-electron chi connectivity index (χ3n) is 6.62. The van der Waals surface area contributed by atoms with Crippen LogP contribution >= 0.6 is 0 Å². The number of hydrogen-bond acceptors (Lipinski definition) is 7. The number of halogens is 1. The van der Waals surface area contributed by atoms with Crippen LogP contribution in [0.2, 0.25) is 0 Å². The highest BCUT2D eigenvalue weighted by Crippen LogP contribution is 2.31. The molecule has 1 fully saturated rings. The minimum absolute atomic E-state index is 0.0927. The molecule has 40 heavy (non-hydrogen) atoms. The minimum Gasteiger partial charge on any atom is -0.493 e. The average molecular weight is 553 g/mol. The van der Waals surface area contributed by atoms with Crippen LogP contribution in [0.5, 0.6) is 17.2 Å². The molecule has 1 aliphatic heterocycles. The first-order valence-corrected chi connectivity index (χ1v) is 13.0. The number of anilines is 1. The van der Waals surface area contributed by atoms with Crippen LogP contribution < -0.4 is 19.1 Å². The summed E-state index contributed by atoms with van der Waals surface area (Å²) in [6, 6.07) is 18.2. The van der Waals surface area contributed by atoms with Crippen molar-refractivity contribution in [2.45, 2.75) is 32.0 Å². The van der Waals surface area contributed by atoms with E-state index in [2.05, 4.69) is 0 Å². The van der Waals surface area contributed by atoms with E-state index in [0.29, 0.717) is 42.5 Å². The van der Waals surface area contributed by atoms with Crippen molar-refractivity contribution in [3.8, 4) is 17.2 Å². The van der Waals surface area contributed by atoms with Crippen LogP contribution in [0.15, 0.2) is 60.7 Å². The van der Waals surface area contributed by atoms with Gasteiger partial charge in [0.15, 0.2) is 29.4 Å². The van der Waals surface area contributed by atoms with Gasteiger partial charge in [-0.15, -0.1) is 0 Å². The lowest BCUT2D eigenvalue weighted by Gasteiger charge is -2.33. The zero-order valence-electron chi connectivity index (χ0n) is 23.5. The Morgan fingerprint density at radius 3 is 2.23 bits per heavy atom. The van der Waals surface area contributed by atoms with Crippen molar-refractivity contribution in [3.63, 3.8) is 0 Å². The predicted molar refractivity (Wildman–Crippen MR) is 152 cm³/mol. The van der Waals surface area contributed by atoms with E-state index in [9.17, 15) is 14.0 Å². The van der Waals surface area contributed by atoms with Crippen molar-refractivity contribution in [2.24, 2.45) is 0 Å². The van der Waals surface area contributed by atoms with Gasteiger partial charge in [-0.25, -0.2) is 4.39 Å². The zero-order chi connectivity index (χ0) is 28.9. The molecule has 1 heterocycles. The summed E-state index contributed by atoms with van der Waals surface area (Å²) in [6.45, 7) is 2.19. The number of aldehydes is 1. The van der Waals surface area contributed by atoms with E-state index in [0.717, 1.165) is 36.7 Å². The smallest absolute Gasteiger partial charge is 0.209 e. The van der Waals surface area contributed by atoms with Crippen molar-refractivity contribution in [1.29, 1.82) is 0 Å². The molecule has 4 rings (SSSR count). The topological polar surface area (TPSA) is 77.5 Å². The van der Waals surface area contributed by atoms with Crippen LogP contribution in [0, 0.1) is 5.82 Å². The molecule has 3 aromatic rings. The number of benzene rings is 3. The number of methoxy groups -OCH3 is 2. The number of hydrogen-bond donors (Lipinski definition) is 0. The summed E-state index contributed by atoms with van der Waals surface area (Å²) in [5.74, 6) is 0.995. The normalized spacial score (nSPS) is 12.9. The van der Waals surface area contributed by atoms with Gasteiger partial charge in [0.1, 0.15) is 6.61 Å². The van der Waals surface area contributed by atoms with E-state index in [1.807, 2.05) is 60.5 Å². The maximum absolute atomic E-state index is 14.5. The highest BCUT2D eigenvalue weighted by Gasteiger charge is 2.22. The molecule has 214 valence electrons. The standard InChI is InChI=1S/C20H22FNO3.C11H15NO3/c1-22(17-7-9-24-10-8-17)19-12-18(21)20(11-16(19)13-23)25-14-15-5-3-2-4-6-15;1-12(8-13)7-9-4-5-10(14-2)11(6-9)15-3/h2-6,11-13,17H,7-10,14H2,1H3;4-6,8H,7H2,1-3H3. The summed E-state index contributed by atoms with van der Waals surface area (Å²) in [4.78, 5) is 25.5. The number of nitrogens with zero attached hydrogens (tertiary/aromatic N) is 2. The third kappa shape index (κ3) is 8.44. The van der Waals surface area contributed by atoms with E-state index >= 15 is 0 Å². The summed E-state index contributed by atoms with van der Waals surface area (Å²) in [5.41, 5.74) is 2.96. The van der Waals surface area contributed by atoms with Gasteiger partial charge in [0.25, 0.3) is 0 Å². The molecule has 0 spiro atoms. The van der Waals surface area contributed by atoms with E-state index in [1.54, 1.807) is 26.2 Å². The number of rotatable bonds is 11. The quantitative estimate of drug-likeness (QED) is 0.306. The molecule has 8 nitrogen and oxygen atoms in total. The first-order valence-electron chi connectivity index (χ1n) is 13.0. The number of carbonyl (C=O) groups excluding carboxylic acids is 2. The molecule has 0 aliphatic carbocycles. The number of amides is 1. The summed E-state index contributed by atoms with van der Waals surface area (Å²) < 4.78 is 35.7. The maximum Gasteiger partial charge on any atom is 0.209 e. The maximum atomic E-state index is 14.5. The van der Waals surface area contributed by atoms with Gasteiger partial charge >= 0.3 is 0 Å². The molecule has 0 aromatic heterocycles. The van der Waals surface area contributed by atoms with E-state index in [-0.39, 0.29) is 18.4 Å². The van der Waals surface area contributed by atoms with E-state index in [4.69, 9.17) is 18.9 Å². The molecule has 9 heteroatoms. The Hall–Kier alpha value is -4.11. The summed E-state index contributed by atoms with van der Waals surface area (Å²) >= 11 is 0. The van der Waals surface area contributed by atoms with Crippen molar-refractivity contribution in [3.05, 3.63) is 83.2 Å². The highest BCUT2D eigenvalue weighted by atomic mass is 19.1. The number of ether oxygens (including phenoxy) is 4. The van der Waals surface area contributed by atoms with Crippen LogP contribution in [0.3, 0.4) is 0 Å². The first-order chi connectivity index (χ1) is 19.4. The summed E-state index contributed by atoms with van der Waals surface area (Å²) in [7, 11) is 6.80. The zero-order valence-corrected chi connectivity index (χ0v) is 23.5. The molecule has 1 aliphatic rings. The van der Waals surface area contributed by atoms with Crippen molar-refractivity contribution < 1.29 is 32.9 Å². The Kier molecular flexibility index (Phi) is 11.8. The molecule has 0 N–H and O–H groups in total. The van der Waals surface area contributed by atoms with Crippen LogP contribution in [-0.4, -0.2) is 65.2 Å². The largest absolute Gasteiger partial charge is 0.493 e. The van der Waals surface area contributed by atoms with Crippen LogP contribution in [0.25, 0.3) is 0 Å². The minimum atomic E-state index is -0.463. The van der Waals surface area contributed by atoms with Crippen molar-refractivity contribution in [2.75, 3.05) is 46.4 Å². The molecule has 0 atom stereocenters. The molecule has 0 unspecified atom stereocenters.